The minimum atomic E-state index is 0. The van der Waals surface area contributed by atoms with Crippen LogP contribution in [0.25, 0.3) is 0 Å². The van der Waals surface area contributed by atoms with Gasteiger partial charge in [0.05, 0.1) is 20.6 Å². The first-order valence-electron chi connectivity index (χ1n) is 11.5. The predicted molar refractivity (Wildman–Crippen MR) is 115 cm³/mol. The molecule has 158 valence electrons. The molecule has 0 heterocycles. The minimum absolute atomic E-state index is 0. The van der Waals surface area contributed by atoms with Crippen LogP contribution in [-0.2, 0) is 0 Å². The van der Waals surface area contributed by atoms with Gasteiger partial charge in [-0.3, -0.25) is 9.89 Å². The summed E-state index contributed by atoms with van der Waals surface area (Å²) in [7, 11) is 4.36. The molecule has 3 heteroatoms. The van der Waals surface area contributed by atoms with E-state index in [0.29, 0.717) is 0 Å². The molecule has 0 aromatic heterocycles. The second kappa shape index (κ2) is 23.0. The summed E-state index contributed by atoms with van der Waals surface area (Å²) in [5.74, 6) is 1.44. The maximum absolute atomic E-state index is 3.69. The third-order valence-corrected chi connectivity index (χ3v) is 5.17. The van der Waals surface area contributed by atoms with E-state index in [-0.39, 0.29) is 17.0 Å². The number of nitrogens with zero attached hydrogens (tertiary/aromatic N) is 1. The molecule has 0 radical (unpaired) electrons. The number of hydrogen-bond donors (Lipinski definition) is 1. The maximum atomic E-state index is 3.69. The summed E-state index contributed by atoms with van der Waals surface area (Å²) in [5.41, 5.74) is 0. The standard InChI is InChI=1S/C23H48N2.BrH/c1-5-7-9-11-13-14-16-18-20-22-24-23(25(3)4)21-19-17-15-12-10-8-6-2;/h5-22H2,1-4H3;1H. The Morgan fingerprint density at radius 1 is 0.577 bits per heavy atom. The topological polar surface area (TPSA) is 15.0 Å². The smallest absolute Gasteiger partial charge is 0.244 e. The van der Waals surface area contributed by atoms with Gasteiger partial charge in [0.1, 0.15) is 0 Å². The first-order valence-corrected chi connectivity index (χ1v) is 11.5. The Morgan fingerprint density at radius 3 is 1.38 bits per heavy atom. The molecule has 0 fully saturated rings. The number of amidine groups is 1. The summed E-state index contributed by atoms with van der Waals surface area (Å²) in [4.78, 5) is 0. The molecule has 1 N–H and O–H groups in total. The van der Waals surface area contributed by atoms with Crippen LogP contribution in [0, 0.1) is 0 Å². The van der Waals surface area contributed by atoms with Crippen molar-refractivity contribution in [2.24, 2.45) is 0 Å². The zero-order valence-corrected chi connectivity index (χ0v) is 20.1. The molecule has 0 aliphatic heterocycles. The van der Waals surface area contributed by atoms with Crippen LogP contribution in [0.15, 0.2) is 0 Å². The Balaban J connectivity index is 0. The van der Waals surface area contributed by atoms with E-state index in [2.05, 4.69) is 37.8 Å². The van der Waals surface area contributed by atoms with Crippen molar-refractivity contribution in [3.8, 4) is 0 Å². The summed E-state index contributed by atoms with van der Waals surface area (Å²) in [5, 5.41) is 3.69. The molecule has 0 amide bonds. The highest BCUT2D eigenvalue weighted by molar-refractivity contribution is 5.77. The molecule has 0 aromatic rings. The highest BCUT2D eigenvalue weighted by atomic mass is 79.9. The fourth-order valence-electron chi connectivity index (χ4n) is 3.39. The molecule has 0 aliphatic rings. The van der Waals surface area contributed by atoms with Crippen LogP contribution < -0.4 is 22.3 Å². The molecule has 0 unspecified atom stereocenters. The fraction of sp³-hybridized carbons (Fsp3) is 0.957. The van der Waals surface area contributed by atoms with E-state index >= 15 is 0 Å². The van der Waals surface area contributed by atoms with E-state index in [9.17, 15) is 0 Å². The van der Waals surface area contributed by atoms with E-state index in [1.807, 2.05) is 0 Å². The van der Waals surface area contributed by atoms with Crippen LogP contribution in [0.1, 0.15) is 123 Å². The van der Waals surface area contributed by atoms with Gasteiger partial charge in [-0.2, -0.15) is 0 Å². The van der Waals surface area contributed by atoms with Crippen LogP contribution in [0.4, 0.5) is 0 Å². The third-order valence-electron chi connectivity index (χ3n) is 5.17. The zero-order valence-electron chi connectivity index (χ0n) is 18.6. The third kappa shape index (κ3) is 20.3. The van der Waals surface area contributed by atoms with E-state index in [0.717, 1.165) is 6.54 Å². The molecule has 0 rings (SSSR count). The summed E-state index contributed by atoms with van der Waals surface area (Å²) in [6.07, 6.45) is 23.7. The second-order valence-corrected chi connectivity index (χ2v) is 7.97. The van der Waals surface area contributed by atoms with Crippen LogP contribution in [0.3, 0.4) is 0 Å². The summed E-state index contributed by atoms with van der Waals surface area (Å²) >= 11 is 0. The lowest BCUT2D eigenvalue weighted by Gasteiger charge is -2.07. The first-order chi connectivity index (χ1) is 12.2. The number of rotatable bonds is 18. The number of nitrogens with one attached hydrogen (secondary N) is 1. The van der Waals surface area contributed by atoms with Gasteiger partial charge in [0, 0.05) is 6.42 Å². The molecule has 0 saturated heterocycles. The molecule has 0 saturated carbocycles. The van der Waals surface area contributed by atoms with E-state index < -0.39 is 0 Å². The van der Waals surface area contributed by atoms with Gasteiger partial charge < -0.3 is 17.0 Å². The zero-order chi connectivity index (χ0) is 18.6. The lowest BCUT2D eigenvalue weighted by atomic mass is 10.1. The van der Waals surface area contributed by atoms with E-state index in [4.69, 9.17) is 0 Å². The average molecular weight is 434 g/mol. The van der Waals surface area contributed by atoms with Crippen LogP contribution >= 0.6 is 0 Å². The SMILES string of the molecule is CCCCCCCCCCCNC(CCCCCCCCC)=[N+](C)C.[Br-]. The number of halogens is 1. The van der Waals surface area contributed by atoms with Gasteiger partial charge in [-0.05, 0) is 19.3 Å². The van der Waals surface area contributed by atoms with Crippen molar-refractivity contribution in [1.29, 1.82) is 0 Å². The molecule has 0 aliphatic carbocycles. The van der Waals surface area contributed by atoms with Crippen molar-refractivity contribution >= 4 is 5.84 Å². The molecular formula is C23H49BrN2. The Bertz CT molecular complexity index is 299. The second-order valence-electron chi connectivity index (χ2n) is 7.97. The van der Waals surface area contributed by atoms with Crippen LogP contribution in [-0.4, -0.2) is 31.1 Å². The average Bonchev–Trinajstić information content (AvgIpc) is 2.60. The Labute approximate surface area is 176 Å². The lowest BCUT2D eigenvalue weighted by Crippen LogP contribution is -3.00. The Kier molecular flexibility index (Phi) is 24.9. The van der Waals surface area contributed by atoms with Gasteiger partial charge in [0.2, 0.25) is 5.84 Å². The molecule has 0 bridgehead atoms. The normalized spacial score (nSPS) is 10.5. The molecule has 26 heavy (non-hydrogen) atoms. The Morgan fingerprint density at radius 2 is 0.962 bits per heavy atom. The highest BCUT2D eigenvalue weighted by Crippen LogP contribution is 2.10. The fourth-order valence-corrected chi connectivity index (χ4v) is 3.39. The molecule has 0 spiro atoms. The van der Waals surface area contributed by atoms with E-state index in [1.165, 1.54) is 115 Å². The minimum Gasteiger partial charge on any atom is -1.00 e. The van der Waals surface area contributed by atoms with Gasteiger partial charge in [-0.25, -0.2) is 0 Å². The van der Waals surface area contributed by atoms with Crippen molar-refractivity contribution in [2.45, 2.75) is 123 Å². The van der Waals surface area contributed by atoms with Crippen molar-refractivity contribution in [2.75, 3.05) is 20.6 Å². The van der Waals surface area contributed by atoms with Gasteiger partial charge in [-0.15, -0.1) is 0 Å². The number of unbranched alkanes of at least 4 members (excludes halogenated alkanes) is 14. The Hall–Kier alpha value is -0.0500. The van der Waals surface area contributed by atoms with Crippen molar-refractivity contribution < 1.29 is 21.6 Å². The molecule has 2 nitrogen and oxygen atoms in total. The largest absolute Gasteiger partial charge is 1.00 e. The summed E-state index contributed by atoms with van der Waals surface area (Å²) < 4.78 is 2.28. The van der Waals surface area contributed by atoms with Gasteiger partial charge in [0.25, 0.3) is 0 Å². The van der Waals surface area contributed by atoms with Crippen LogP contribution in [0.2, 0.25) is 0 Å². The van der Waals surface area contributed by atoms with Crippen molar-refractivity contribution in [3.05, 3.63) is 0 Å². The first kappa shape index (κ1) is 28.2. The summed E-state index contributed by atoms with van der Waals surface area (Å²) in [6.45, 7) is 5.73. The summed E-state index contributed by atoms with van der Waals surface area (Å²) in [6, 6.07) is 0. The van der Waals surface area contributed by atoms with Crippen LogP contribution in [0.5, 0.6) is 0 Å². The molecule has 0 aromatic carbocycles. The van der Waals surface area contributed by atoms with Gasteiger partial charge in [0.15, 0.2) is 0 Å². The molecule has 0 atom stereocenters. The van der Waals surface area contributed by atoms with Gasteiger partial charge >= 0.3 is 0 Å². The quantitative estimate of drug-likeness (QED) is 0.150. The predicted octanol–water partition coefficient (Wildman–Crippen LogP) is 3.92. The van der Waals surface area contributed by atoms with E-state index in [1.54, 1.807) is 0 Å². The van der Waals surface area contributed by atoms with Crippen molar-refractivity contribution in [3.63, 3.8) is 0 Å². The lowest BCUT2D eigenvalue weighted by molar-refractivity contribution is -0.468. The van der Waals surface area contributed by atoms with Gasteiger partial charge in [-0.1, -0.05) is 97.3 Å². The highest BCUT2D eigenvalue weighted by Gasteiger charge is 2.07. The maximum Gasteiger partial charge on any atom is 0.244 e. The van der Waals surface area contributed by atoms with Crippen molar-refractivity contribution in [1.82, 2.24) is 5.32 Å². The molecular weight excluding hydrogens is 384 g/mol. The number of hydrogen-bond acceptors (Lipinski definition) is 0. The monoisotopic (exact) mass is 432 g/mol.